The molecule has 0 radical (unpaired) electrons. The molecule has 0 saturated carbocycles. The number of carbonyl (C=O) groups is 1. The first kappa shape index (κ1) is 12.4. The zero-order valence-corrected chi connectivity index (χ0v) is 10.4. The molecular formula is C13H16ClNO2. The summed E-state index contributed by atoms with van der Waals surface area (Å²) >= 11 is 6.01. The van der Waals surface area contributed by atoms with Crippen molar-refractivity contribution in [1.29, 1.82) is 0 Å². The van der Waals surface area contributed by atoms with E-state index >= 15 is 0 Å². The van der Waals surface area contributed by atoms with E-state index < -0.39 is 0 Å². The lowest BCUT2D eigenvalue weighted by atomic mass is 10.2. The molecule has 1 aromatic carbocycles. The van der Waals surface area contributed by atoms with Gasteiger partial charge >= 0.3 is 0 Å². The zero-order valence-electron chi connectivity index (χ0n) is 9.69. The van der Waals surface area contributed by atoms with Gasteiger partial charge in [0.25, 0.3) is 0 Å². The molecule has 4 heteroatoms. The van der Waals surface area contributed by atoms with Crippen molar-refractivity contribution in [3.8, 4) is 5.75 Å². The van der Waals surface area contributed by atoms with Gasteiger partial charge in [-0.1, -0.05) is 17.7 Å². The number of halogens is 1. The van der Waals surface area contributed by atoms with Crippen molar-refractivity contribution in [2.75, 3.05) is 26.2 Å². The smallest absolute Gasteiger partial charge is 0.153 e. The molecule has 1 aliphatic rings. The van der Waals surface area contributed by atoms with E-state index in [1.807, 2.05) is 0 Å². The SMILES string of the molecule is O=Cc1cccc(Cl)c1OCCN1CCCC1. The van der Waals surface area contributed by atoms with E-state index in [-0.39, 0.29) is 0 Å². The Morgan fingerprint density at radius 3 is 2.82 bits per heavy atom. The Bertz CT molecular complexity index is 389. The van der Waals surface area contributed by atoms with Crippen molar-refractivity contribution in [1.82, 2.24) is 4.90 Å². The maximum atomic E-state index is 10.8. The van der Waals surface area contributed by atoms with Gasteiger partial charge in [-0.2, -0.15) is 0 Å². The molecule has 0 aliphatic carbocycles. The van der Waals surface area contributed by atoms with Crippen LogP contribution in [0, 0.1) is 0 Å². The molecule has 0 bridgehead atoms. The van der Waals surface area contributed by atoms with Gasteiger partial charge in [-0.05, 0) is 38.1 Å². The lowest BCUT2D eigenvalue weighted by molar-refractivity contribution is 0.111. The number of rotatable bonds is 5. The van der Waals surface area contributed by atoms with Crippen LogP contribution in [0.15, 0.2) is 18.2 Å². The molecule has 0 unspecified atom stereocenters. The minimum absolute atomic E-state index is 0.496. The normalized spacial score (nSPS) is 16.1. The predicted molar refractivity (Wildman–Crippen MR) is 68.0 cm³/mol. The van der Waals surface area contributed by atoms with E-state index in [1.165, 1.54) is 12.8 Å². The predicted octanol–water partition coefficient (Wildman–Crippen LogP) is 2.63. The summed E-state index contributed by atoms with van der Waals surface area (Å²) in [4.78, 5) is 13.2. The molecule has 1 heterocycles. The maximum absolute atomic E-state index is 10.8. The number of ether oxygens (including phenoxy) is 1. The van der Waals surface area contributed by atoms with Gasteiger partial charge in [0.15, 0.2) is 6.29 Å². The van der Waals surface area contributed by atoms with Crippen LogP contribution in [0.25, 0.3) is 0 Å². The topological polar surface area (TPSA) is 29.5 Å². The van der Waals surface area contributed by atoms with Gasteiger partial charge in [0.05, 0.1) is 10.6 Å². The molecule has 1 aliphatic heterocycles. The Balaban J connectivity index is 1.91. The Morgan fingerprint density at radius 2 is 2.12 bits per heavy atom. The number of hydrogen-bond donors (Lipinski definition) is 0. The summed E-state index contributed by atoms with van der Waals surface area (Å²) < 4.78 is 5.62. The molecule has 0 N–H and O–H groups in total. The summed E-state index contributed by atoms with van der Waals surface area (Å²) in [5, 5.41) is 0.496. The van der Waals surface area contributed by atoms with Crippen LogP contribution in [0.4, 0.5) is 0 Å². The molecule has 0 atom stereocenters. The molecule has 17 heavy (non-hydrogen) atoms. The van der Waals surface area contributed by atoms with Crippen LogP contribution in [0.5, 0.6) is 5.75 Å². The highest BCUT2D eigenvalue weighted by Crippen LogP contribution is 2.27. The largest absolute Gasteiger partial charge is 0.490 e. The van der Waals surface area contributed by atoms with Gasteiger partial charge in [0.1, 0.15) is 12.4 Å². The average molecular weight is 254 g/mol. The first-order valence-electron chi connectivity index (χ1n) is 5.90. The van der Waals surface area contributed by atoms with Crippen molar-refractivity contribution >= 4 is 17.9 Å². The van der Waals surface area contributed by atoms with Gasteiger partial charge in [0.2, 0.25) is 0 Å². The quantitative estimate of drug-likeness (QED) is 0.756. The van der Waals surface area contributed by atoms with E-state index in [0.29, 0.717) is 22.9 Å². The highest BCUT2D eigenvalue weighted by atomic mass is 35.5. The van der Waals surface area contributed by atoms with E-state index in [1.54, 1.807) is 18.2 Å². The van der Waals surface area contributed by atoms with Crippen molar-refractivity contribution in [3.05, 3.63) is 28.8 Å². The van der Waals surface area contributed by atoms with Crippen LogP contribution in [-0.2, 0) is 0 Å². The molecule has 1 aromatic rings. The monoisotopic (exact) mass is 253 g/mol. The molecular weight excluding hydrogens is 238 g/mol. The first-order valence-corrected chi connectivity index (χ1v) is 6.28. The second kappa shape index (κ2) is 6.03. The van der Waals surface area contributed by atoms with Crippen LogP contribution in [-0.4, -0.2) is 37.4 Å². The zero-order chi connectivity index (χ0) is 12.1. The van der Waals surface area contributed by atoms with Gasteiger partial charge < -0.3 is 4.74 Å². The summed E-state index contributed by atoms with van der Waals surface area (Å²) in [5.74, 6) is 0.503. The number of carbonyl (C=O) groups excluding carboxylic acids is 1. The van der Waals surface area contributed by atoms with Crippen molar-refractivity contribution < 1.29 is 9.53 Å². The van der Waals surface area contributed by atoms with Crippen molar-refractivity contribution in [2.24, 2.45) is 0 Å². The number of nitrogens with zero attached hydrogens (tertiary/aromatic N) is 1. The Kier molecular flexibility index (Phi) is 4.40. The van der Waals surface area contributed by atoms with Crippen LogP contribution in [0.3, 0.4) is 0 Å². The van der Waals surface area contributed by atoms with E-state index in [4.69, 9.17) is 16.3 Å². The summed E-state index contributed by atoms with van der Waals surface area (Å²) in [7, 11) is 0. The maximum Gasteiger partial charge on any atom is 0.153 e. The van der Waals surface area contributed by atoms with Crippen molar-refractivity contribution in [3.63, 3.8) is 0 Å². The van der Waals surface area contributed by atoms with Gasteiger partial charge in [-0.3, -0.25) is 9.69 Å². The number of aldehydes is 1. The lowest BCUT2D eigenvalue weighted by Crippen LogP contribution is -2.25. The third kappa shape index (κ3) is 3.20. The third-order valence-corrected chi connectivity index (χ3v) is 3.27. The number of para-hydroxylation sites is 1. The fourth-order valence-electron chi connectivity index (χ4n) is 2.05. The molecule has 3 nitrogen and oxygen atoms in total. The highest BCUT2D eigenvalue weighted by molar-refractivity contribution is 6.32. The molecule has 1 saturated heterocycles. The molecule has 0 spiro atoms. The summed E-state index contributed by atoms with van der Waals surface area (Å²) in [6, 6.07) is 5.20. The Morgan fingerprint density at radius 1 is 1.35 bits per heavy atom. The number of benzene rings is 1. The summed E-state index contributed by atoms with van der Waals surface area (Å²) in [5.41, 5.74) is 0.513. The fourth-order valence-corrected chi connectivity index (χ4v) is 2.29. The minimum Gasteiger partial charge on any atom is -0.490 e. The third-order valence-electron chi connectivity index (χ3n) is 2.98. The van der Waals surface area contributed by atoms with Gasteiger partial charge in [-0.25, -0.2) is 0 Å². The average Bonchev–Trinajstić information content (AvgIpc) is 2.84. The first-order chi connectivity index (χ1) is 8.31. The second-order valence-electron chi connectivity index (χ2n) is 4.17. The minimum atomic E-state index is 0.496. The molecule has 0 amide bonds. The molecule has 92 valence electrons. The van der Waals surface area contributed by atoms with Gasteiger partial charge in [0, 0.05) is 6.54 Å². The van der Waals surface area contributed by atoms with E-state index in [0.717, 1.165) is 25.9 Å². The van der Waals surface area contributed by atoms with Crippen LogP contribution in [0.2, 0.25) is 5.02 Å². The van der Waals surface area contributed by atoms with Crippen molar-refractivity contribution in [2.45, 2.75) is 12.8 Å². The summed E-state index contributed by atoms with van der Waals surface area (Å²) in [6.07, 6.45) is 3.31. The standard InChI is InChI=1S/C13H16ClNO2/c14-12-5-3-4-11(10-16)13(12)17-9-8-15-6-1-2-7-15/h3-5,10H,1-2,6-9H2. The molecule has 2 rings (SSSR count). The molecule has 1 fully saturated rings. The second-order valence-corrected chi connectivity index (χ2v) is 4.58. The molecule has 0 aromatic heterocycles. The Labute approximate surface area is 106 Å². The Hall–Kier alpha value is -1.06. The number of hydrogen-bond acceptors (Lipinski definition) is 3. The lowest BCUT2D eigenvalue weighted by Gasteiger charge is -2.16. The van der Waals surface area contributed by atoms with Crippen LogP contribution < -0.4 is 4.74 Å². The number of likely N-dealkylation sites (tertiary alicyclic amines) is 1. The van der Waals surface area contributed by atoms with E-state index in [2.05, 4.69) is 4.90 Å². The van der Waals surface area contributed by atoms with Crippen LogP contribution in [0.1, 0.15) is 23.2 Å². The fraction of sp³-hybridized carbons (Fsp3) is 0.462. The highest BCUT2D eigenvalue weighted by Gasteiger charge is 2.12. The van der Waals surface area contributed by atoms with E-state index in [9.17, 15) is 4.79 Å². The van der Waals surface area contributed by atoms with Crippen LogP contribution >= 0.6 is 11.6 Å². The van der Waals surface area contributed by atoms with Gasteiger partial charge in [-0.15, -0.1) is 0 Å². The summed E-state index contributed by atoms with van der Waals surface area (Å²) in [6.45, 7) is 3.76.